The number of carbonyl (C=O) groups excluding carboxylic acids is 1. The predicted molar refractivity (Wildman–Crippen MR) is 114 cm³/mol. The zero-order valence-corrected chi connectivity index (χ0v) is 17.4. The van der Waals surface area contributed by atoms with E-state index >= 15 is 0 Å². The van der Waals surface area contributed by atoms with Gasteiger partial charge in [-0.25, -0.2) is 0 Å². The second-order valence-corrected chi connectivity index (χ2v) is 7.72. The zero-order chi connectivity index (χ0) is 22.6. The molecule has 1 aromatic heterocycles. The lowest BCUT2D eigenvalue weighted by atomic mass is 10.1. The molecule has 1 saturated heterocycles. The van der Waals surface area contributed by atoms with E-state index in [-0.39, 0.29) is 36.1 Å². The maximum absolute atomic E-state index is 12.9. The lowest BCUT2D eigenvalue weighted by Crippen LogP contribution is -2.29. The van der Waals surface area contributed by atoms with Gasteiger partial charge in [-0.3, -0.25) is 4.79 Å². The zero-order valence-electron chi connectivity index (χ0n) is 17.4. The SMILES string of the molecule is O=C(CCc1nnc(-c2cccc(C(F)(F)F)c2)o1)Nc1ccc(N2CCCCC2)cc1. The van der Waals surface area contributed by atoms with Crippen molar-refractivity contribution in [2.24, 2.45) is 0 Å². The maximum Gasteiger partial charge on any atom is 0.416 e. The van der Waals surface area contributed by atoms with Crippen molar-refractivity contribution >= 4 is 17.3 Å². The monoisotopic (exact) mass is 444 g/mol. The van der Waals surface area contributed by atoms with Crippen LogP contribution >= 0.6 is 0 Å². The van der Waals surface area contributed by atoms with Crippen molar-refractivity contribution in [1.82, 2.24) is 10.2 Å². The summed E-state index contributed by atoms with van der Waals surface area (Å²) in [5.41, 5.74) is 1.24. The molecule has 3 aromatic rings. The van der Waals surface area contributed by atoms with Gasteiger partial charge in [-0.05, 0) is 61.7 Å². The number of nitrogens with one attached hydrogen (secondary N) is 1. The van der Waals surface area contributed by atoms with Crippen LogP contribution in [0.5, 0.6) is 0 Å². The summed E-state index contributed by atoms with van der Waals surface area (Å²) in [4.78, 5) is 14.6. The van der Waals surface area contributed by atoms with E-state index in [4.69, 9.17) is 4.42 Å². The quantitative estimate of drug-likeness (QED) is 0.557. The number of hydrogen-bond acceptors (Lipinski definition) is 5. The fourth-order valence-corrected chi connectivity index (χ4v) is 3.65. The highest BCUT2D eigenvalue weighted by Gasteiger charge is 2.30. The molecule has 0 bridgehead atoms. The van der Waals surface area contributed by atoms with Gasteiger partial charge < -0.3 is 14.6 Å². The molecule has 1 N–H and O–H groups in total. The molecule has 1 aliphatic rings. The van der Waals surface area contributed by atoms with E-state index in [1.807, 2.05) is 24.3 Å². The van der Waals surface area contributed by atoms with Crippen molar-refractivity contribution in [2.45, 2.75) is 38.3 Å². The van der Waals surface area contributed by atoms with Gasteiger partial charge in [0.05, 0.1) is 5.56 Å². The number of halogens is 3. The van der Waals surface area contributed by atoms with Crippen LogP contribution in [0.2, 0.25) is 0 Å². The molecule has 2 heterocycles. The summed E-state index contributed by atoms with van der Waals surface area (Å²) in [7, 11) is 0. The second kappa shape index (κ2) is 9.42. The molecule has 6 nitrogen and oxygen atoms in total. The van der Waals surface area contributed by atoms with Crippen molar-refractivity contribution in [1.29, 1.82) is 0 Å². The molecule has 168 valence electrons. The molecular weight excluding hydrogens is 421 g/mol. The van der Waals surface area contributed by atoms with Gasteiger partial charge in [-0.1, -0.05) is 6.07 Å². The molecule has 0 spiro atoms. The van der Waals surface area contributed by atoms with Gasteiger partial charge in [-0.2, -0.15) is 13.2 Å². The van der Waals surface area contributed by atoms with Crippen LogP contribution in [-0.2, 0) is 17.4 Å². The molecule has 0 radical (unpaired) electrons. The first-order valence-corrected chi connectivity index (χ1v) is 10.5. The number of carbonyl (C=O) groups is 1. The lowest BCUT2D eigenvalue weighted by Gasteiger charge is -2.28. The molecule has 9 heteroatoms. The minimum atomic E-state index is -4.46. The van der Waals surface area contributed by atoms with Crippen molar-refractivity contribution in [3.05, 3.63) is 60.0 Å². The van der Waals surface area contributed by atoms with Crippen LogP contribution in [0.3, 0.4) is 0 Å². The number of piperidine rings is 1. The highest BCUT2D eigenvalue weighted by molar-refractivity contribution is 5.90. The Morgan fingerprint density at radius 1 is 1.03 bits per heavy atom. The number of anilines is 2. The van der Waals surface area contributed by atoms with Gasteiger partial charge in [0, 0.05) is 42.9 Å². The van der Waals surface area contributed by atoms with Gasteiger partial charge in [0.25, 0.3) is 0 Å². The highest BCUT2D eigenvalue weighted by Crippen LogP contribution is 2.32. The molecule has 1 aliphatic heterocycles. The van der Waals surface area contributed by atoms with E-state index in [1.165, 1.54) is 31.4 Å². The molecule has 0 saturated carbocycles. The third-order valence-electron chi connectivity index (χ3n) is 5.34. The van der Waals surface area contributed by atoms with Crippen molar-refractivity contribution in [3.8, 4) is 11.5 Å². The molecule has 32 heavy (non-hydrogen) atoms. The topological polar surface area (TPSA) is 71.3 Å². The summed E-state index contributed by atoms with van der Waals surface area (Å²) in [5, 5.41) is 10.5. The third-order valence-corrected chi connectivity index (χ3v) is 5.34. The van der Waals surface area contributed by atoms with Crippen LogP contribution in [0.15, 0.2) is 52.9 Å². The summed E-state index contributed by atoms with van der Waals surface area (Å²) >= 11 is 0. The standard InChI is InChI=1S/C23H23F3N4O2/c24-23(25,26)17-6-4-5-16(15-17)22-29-28-21(32-22)12-11-20(31)27-18-7-9-19(10-8-18)30-13-2-1-3-14-30/h4-10,15H,1-3,11-14H2,(H,27,31). The number of alkyl halides is 3. The van der Waals surface area contributed by atoms with Crippen molar-refractivity contribution in [3.63, 3.8) is 0 Å². The van der Waals surface area contributed by atoms with Crippen LogP contribution in [-0.4, -0.2) is 29.2 Å². The average Bonchev–Trinajstić information content (AvgIpc) is 3.28. The van der Waals surface area contributed by atoms with Crippen molar-refractivity contribution in [2.75, 3.05) is 23.3 Å². The van der Waals surface area contributed by atoms with Gasteiger partial charge in [0.1, 0.15) is 0 Å². The summed E-state index contributed by atoms with van der Waals surface area (Å²) < 4.78 is 44.1. The molecule has 0 unspecified atom stereocenters. The predicted octanol–water partition coefficient (Wildman–Crippen LogP) is 5.32. The van der Waals surface area contributed by atoms with E-state index in [0.717, 1.165) is 30.9 Å². The summed E-state index contributed by atoms with van der Waals surface area (Å²) in [5.74, 6) is -0.0395. The second-order valence-electron chi connectivity index (χ2n) is 7.72. The number of aryl methyl sites for hydroxylation is 1. The largest absolute Gasteiger partial charge is 0.421 e. The molecule has 1 amide bonds. The summed E-state index contributed by atoms with van der Waals surface area (Å²) in [6.45, 7) is 2.11. The average molecular weight is 444 g/mol. The first-order valence-electron chi connectivity index (χ1n) is 10.5. The van der Waals surface area contributed by atoms with E-state index in [2.05, 4.69) is 20.4 Å². The fraction of sp³-hybridized carbons (Fsp3) is 0.348. The van der Waals surface area contributed by atoms with E-state index in [9.17, 15) is 18.0 Å². The molecule has 2 aromatic carbocycles. The van der Waals surface area contributed by atoms with E-state index in [1.54, 1.807) is 0 Å². The number of rotatable bonds is 6. The first-order chi connectivity index (χ1) is 15.4. The van der Waals surface area contributed by atoms with Crippen molar-refractivity contribution < 1.29 is 22.4 Å². The van der Waals surface area contributed by atoms with Gasteiger partial charge in [-0.15, -0.1) is 10.2 Å². The van der Waals surface area contributed by atoms with Gasteiger partial charge >= 0.3 is 6.18 Å². The molecule has 4 rings (SSSR count). The Labute approximate surface area is 183 Å². The minimum Gasteiger partial charge on any atom is -0.421 e. The Balaban J connectivity index is 1.31. The summed E-state index contributed by atoms with van der Waals surface area (Å²) in [6.07, 6.45) is -0.496. The number of aromatic nitrogens is 2. The first kappa shape index (κ1) is 21.9. The molecule has 0 aliphatic carbocycles. The van der Waals surface area contributed by atoms with E-state index < -0.39 is 11.7 Å². The Hall–Kier alpha value is -3.36. The highest BCUT2D eigenvalue weighted by atomic mass is 19.4. The fourth-order valence-electron chi connectivity index (χ4n) is 3.65. The molecule has 1 fully saturated rings. The Morgan fingerprint density at radius 3 is 2.50 bits per heavy atom. The number of hydrogen-bond donors (Lipinski definition) is 1. The molecular formula is C23H23F3N4O2. The lowest BCUT2D eigenvalue weighted by molar-refractivity contribution is -0.137. The number of nitrogens with zero attached hydrogens (tertiary/aromatic N) is 3. The molecule has 0 atom stereocenters. The maximum atomic E-state index is 12.9. The number of benzene rings is 2. The Kier molecular flexibility index (Phi) is 6.43. The third kappa shape index (κ3) is 5.46. The van der Waals surface area contributed by atoms with E-state index in [0.29, 0.717) is 5.69 Å². The van der Waals surface area contributed by atoms with Gasteiger partial charge in [0.15, 0.2) is 0 Å². The van der Waals surface area contributed by atoms with Gasteiger partial charge in [0.2, 0.25) is 17.7 Å². The minimum absolute atomic E-state index is 0.0141. The number of amides is 1. The van der Waals surface area contributed by atoms with Crippen LogP contribution < -0.4 is 10.2 Å². The van der Waals surface area contributed by atoms with Crippen LogP contribution in [0, 0.1) is 0 Å². The Morgan fingerprint density at radius 2 is 1.78 bits per heavy atom. The smallest absolute Gasteiger partial charge is 0.416 e. The normalized spacial score (nSPS) is 14.4. The summed E-state index contributed by atoms with van der Waals surface area (Å²) in [6, 6.07) is 12.4. The Bertz CT molecular complexity index is 1060. The van der Waals surface area contributed by atoms with Crippen LogP contribution in [0.1, 0.15) is 37.1 Å². The van der Waals surface area contributed by atoms with Crippen LogP contribution in [0.4, 0.5) is 24.5 Å². The van der Waals surface area contributed by atoms with Crippen LogP contribution in [0.25, 0.3) is 11.5 Å².